The first kappa shape index (κ1) is 18.0. The summed E-state index contributed by atoms with van der Waals surface area (Å²) in [6.07, 6.45) is 0.928. The lowest BCUT2D eigenvalue weighted by Gasteiger charge is -2.14. The Hall–Kier alpha value is -1.01. The Balaban J connectivity index is 2.54. The predicted molar refractivity (Wildman–Crippen MR) is 83.4 cm³/mol. The average molecular weight is 318 g/mol. The maximum absolute atomic E-state index is 8.59. The summed E-state index contributed by atoms with van der Waals surface area (Å²) in [5.41, 5.74) is 0.944. The van der Waals surface area contributed by atoms with Crippen LogP contribution in [0.5, 0.6) is 11.5 Å². The van der Waals surface area contributed by atoms with Crippen molar-refractivity contribution in [1.82, 2.24) is 5.32 Å². The first-order valence-corrected chi connectivity index (χ1v) is 7.49. The molecule has 0 atom stereocenters. The van der Waals surface area contributed by atoms with Crippen LogP contribution < -0.4 is 14.8 Å². The van der Waals surface area contributed by atoms with Crippen LogP contribution in [0, 0.1) is 0 Å². The second kappa shape index (κ2) is 10.7. The van der Waals surface area contributed by atoms with Crippen molar-refractivity contribution >= 4 is 11.6 Å². The lowest BCUT2D eigenvalue weighted by atomic mass is 10.2. The number of aliphatic hydroxyl groups excluding tert-OH is 1. The standard InChI is InChI=1S/C15H24ClNO4/c1-3-6-21-15-10-13(16)12(9-14(15)19-2)11-17-4-7-20-8-5-18/h9-10,17-18H,3-8,11H2,1-2H3. The van der Waals surface area contributed by atoms with Crippen LogP contribution in [0.25, 0.3) is 0 Å². The van der Waals surface area contributed by atoms with E-state index in [4.69, 9.17) is 30.9 Å². The van der Waals surface area contributed by atoms with Crippen molar-refractivity contribution in [1.29, 1.82) is 0 Å². The summed E-state index contributed by atoms with van der Waals surface area (Å²) < 4.78 is 16.1. The van der Waals surface area contributed by atoms with E-state index in [0.717, 1.165) is 12.0 Å². The molecule has 0 saturated carbocycles. The summed E-state index contributed by atoms with van der Waals surface area (Å²) >= 11 is 6.26. The number of rotatable bonds is 11. The predicted octanol–water partition coefficient (Wildman–Crippen LogP) is 2.24. The van der Waals surface area contributed by atoms with Gasteiger partial charge in [-0.15, -0.1) is 0 Å². The normalized spacial score (nSPS) is 10.7. The molecule has 0 unspecified atom stereocenters. The molecule has 0 aromatic heterocycles. The molecule has 0 aliphatic heterocycles. The lowest BCUT2D eigenvalue weighted by molar-refractivity contribution is 0.0938. The monoisotopic (exact) mass is 317 g/mol. The molecule has 1 aromatic rings. The molecule has 120 valence electrons. The van der Waals surface area contributed by atoms with Gasteiger partial charge in [-0.05, 0) is 18.1 Å². The molecule has 6 heteroatoms. The average Bonchev–Trinajstić information content (AvgIpc) is 2.50. The van der Waals surface area contributed by atoms with Crippen molar-refractivity contribution in [3.05, 3.63) is 22.7 Å². The number of hydrogen-bond acceptors (Lipinski definition) is 5. The summed E-state index contributed by atoms with van der Waals surface area (Å²) in [4.78, 5) is 0. The number of benzene rings is 1. The van der Waals surface area contributed by atoms with Gasteiger partial charge in [0.05, 0.1) is 33.5 Å². The second-order valence-corrected chi connectivity index (χ2v) is 4.86. The number of methoxy groups -OCH3 is 1. The zero-order valence-electron chi connectivity index (χ0n) is 12.7. The molecule has 1 aromatic carbocycles. The molecule has 0 aliphatic carbocycles. The SMILES string of the molecule is CCCOc1cc(Cl)c(CNCCOCCO)cc1OC. The quantitative estimate of drug-likeness (QED) is 0.613. The third kappa shape index (κ3) is 6.52. The van der Waals surface area contributed by atoms with Crippen molar-refractivity contribution in [2.24, 2.45) is 0 Å². The van der Waals surface area contributed by atoms with Gasteiger partial charge in [0.15, 0.2) is 11.5 Å². The molecular formula is C15H24ClNO4. The highest BCUT2D eigenvalue weighted by molar-refractivity contribution is 6.31. The number of ether oxygens (including phenoxy) is 3. The maximum Gasteiger partial charge on any atom is 0.162 e. The van der Waals surface area contributed by atoms with Gasteiger partial charge in [0.1, 0.15) is 0 Å². The van der Waals surface area contributed by atoms with Crippen LogP contribution in [-0.2, 0) is 11.3 Å². The molecule has 0 amide bonds. The van der Waals surface area contributed by atoms with E-state index in [1.807, 2.05) is 13.0 Å². The maximum atomic E-state index is 8.59. The van der Waals surface area contributed by atoms with E-state index in [9.17, 15) is 0 Å². The first-order chi connectivity index (χ1) is 10.2. The number of nitrogens with one attached hydrogen (secondary N) is 1. The first-order valence-electron chi connectivity index (χ1n) is 7.11. The molecule has 0 saturated heterocycles. The third-order valence-electron chi connectivity index (χ3n) is 2.77. The van der Waals surface area contributed by atoms with Crippen molar-refractivity contribution in [2.45, 2.75) is 19.9 Å². The van der Waals surface area contributed by atoms with E-state index in [-0.39, 0.29) is 6.61 Å². The molecule has 5 nitrogen and oxygen atoms in total. The molecule has 0 bridgehead atoms. The Morgan fingerprint density at radius 1 is 1.19 bits per heavy atom. The molecule has 1 rings (SSSR count). The fourth-order valence-corrected chi connectivity index (χ4v) is 1.95. The highest BCUT2D eigenvalue weighted by Gasteiger charge is 2.10. The zero-order valence-corrected chi connectivity index (χ0v) is 13.4. The van der Waals surface area contributed by atoms with Gasteiger partial charge in [-0.25, -0.2) is 0 Å². The molecule has 0 aliphatic rings. The van der Waals surface area contributed by atoms with Crippen LogP contribution in [0.1, 0.15) is 18.9 Å². The Bertz CT molecular complexity index is 415. The minimum absolute atomic E-state index is 0.0439. The summed E-state index contributed by atoms with van der Waals surface area (Å²) in [7, 11) is 1.61. The summed E-state index contributed by atoms with van der Waals surface area (Å²) in [5.74, 6) is 1.35. The minimum atomic E-state index is 0.0439. The summed E-state index contributed by atoms with van der Waals surface area (Å²) in [6, 6.07) is 3.67. The Morgan fingerprint density at radius 3 is 2.67 bits per heavy atom. The van der Waals surface area contributed by atoms with Crippen molar-refractivity contribution in [3.63, 3.8) is 0 Å². The van der Waals surface area contributed by atoms with Gasteiger partial charge >= 0.3 is 0 Å². The van der Waals surface area contributed by atoms with Gasteiger partial charge in [-0.1, -0.05) is 18.5 Å². The van der Waals surface area contributed by atoms with Gasteiger partial charge in [0.2, 0.25) is 0 Å². The highest BCUT2D eigenvalue weighted by atomic mass is 35.5. The molecule has 0 radical (unpaired) electrons. The van der Waals surface area contributed by atoms with Crippen LogP contribution in [0.4, 0.5) is 0 Å². The smallest absolute Gasteiger partial charge is 0.162 e. The van der Waals surface area contributed by atoms with E-state index in [1.165, 1.54) is 0 Å². The fraction of sp³-hybridized carbons (Fsp3) is 0.600. The van der Waals surface area contributed by atoms with Crippen molar-refractivity contribution < 1.29 is 19.3 Å². The Kier molecular flexibility index (Phi) is 9.17. The Labute approximate surface area is 131 Å². The van der Waals surface area contributed by atoms with Gasteiger partial charge in [0.25, 0.3) is 0 Å². The number of halogens is 1. The number of hydrogen-bond donors (Lipinski definition) is 2. The minimum Gasteiger partial charge on any atom is -0.493 e. The molecule has 2 N–H and O–H groups in total. The molecular weight excluding hydrogens is 294 g/mol. The van der Waals surface area contributed by atoms with Gasteiger partial charge in [-0.2, -0.15) is 0 Å². The van der Waals surface area contributed by atoms with E-state index >= 15 is 0 Å². The van der Waals surface area contributed by atoms with E-state index in [2.05, 4.69) is 5.32 Å². The number of aliphatic hydroxyl groups is 1. The third-order valence-corrected chi connectivity index (χ3v) is 3.12. The molecule has 0 fully saturated rings. The highest BCUT2D eigenvalue weighted by Crippen LogP contribution is 2.33. The largest absolute Gasteiger partial charge is 0.493 e. The van der Waals surface area contributed by atoms with Gasteiger partial charge in [0, 0.05) is 24.2 Å². The van der Waals surface area contributed by atoms with E-state index in [1.54, 1.807) is 13.2 Å². The Morgan fingerprint density at radius 2 is 2.00 bits per heavy atom. The van der Waals surface area contributed by atoms with Crippen LogP contribution in [0.2, 0.25) is 5.02 Å². The molecule has 0 spiro atoms. The van der Waals surface area contributed by atoms with Gasteiger partial charge < -0.3 is 24.6 Å². The van der Waals surface area contributed by atoms with Crippen LogP contribution in [0.15, 0.2) is 12.1 Å². The van der Waals surface area contributed by atoms with Crippen molar-refractivity contribution in [3.8, 4) is 11.5 Å². The molecule has 0 heterocycles. The molecule has 21 heavy (non-hydrogen) atoms. The van der Waals surface area contributed by atoms with E-state index in [0.29, 0.717) is 49.4 Å². The second-order valence-electron chi connectivity index (χ2n) is 4.46. The van der Waals surface area contributed by atoms with Gasteiger partial charge in [-0.3, -0.25) is 0 Å². The van der Waals surface area contributed by atoms with Crippen molar-refractivity contribution in [2.75, 3.05) is 40.1 Å². The van der Waals surface area contributed by atoms with Crippen LogP contribution >= 0.6 is 11.6 Å². The lowest BCUT2D eigenvalue weighted by Crippen LogP contribution is -2.20. The van der Waals surface area contributed by atoms with E-state index < -0.39 is 0 Å². The topological polar surface area (TPSA) is 60.0 Å². The summed E-state index contributed by atoms with van der Waals surface area (Å²) in [5, 5.41) is 12.5. The van der Waals surface area contributed by atoms with Crippen LogP contribution in [-0.4, -0.2) is 45.2 Å². The zero-order chi connectivity index (χ0) is 15.5. The fourth-order valence-electron chi connectivity index (χ4n) is 1.73. The van der Waals surface area contributed by atoms with Crippen LogP contribution in [0.3, 0.4) is 0 Å². The summed E-state index contributed by atoms with van der Waals surface area (Å²) in [6.45, 7) is 4.94.